The molecule has 1 aromatic carbocycles. The first-order chi connectivity index (χ1) is 13.2. The van der Waals surface area contributed by atoms with Gasteiger partial charge in [-0.15, -0.1) is 0 Å². The summed E-state index contributed by atoms with van der Waals surface area (Å²) in [6.07, 6.45) is 6.73. The van der Waals surface area contributed by atoms with Crippen LogP contribution < -0.4 is 5.32 Å². The molecule has 4 aromatic rings. The fourth-order valence-electron chi connectivity index (χ4n) is 3.15. The minimum Gasteiger partial charge on any atom is -0.310 e. The molecule has 0 fully saturated rings. The van der Waals surface area contributed by atoms with Crippen LogP contribution in [-0.4, -0.2) is 25.1 Å². The molecule has 0 aliphatic carbocycles. The summed E-state index contributed by atoms with van der Waals surface area (Å²) >= 11 is 0. The van der Waals surface area contributed by atoms with Gasteiger partial charge >= 0.3 is 0 Å². The number of hydrogen-bond donors (Lipinski definition) is 1. The molecule has 27 heavy (non-hydrogen) atoms. The molecule has 6 nitrogen and oxygen atoms in total. The van der Waals surface area contributed by atoms with Crippen molar-refractivity contribution >= 4 is 17.4 Å². The molecule has 0 saturated heterocycles. The number of benzene rings is 1. The molecule has 0 unspecified atom stereocenters. The van der Waals surface area contributed by atoms with E-state index in [0.29, 0.717) is 12.2 Å². The van der Waals surface area contributed by atoms with E-state index < -0.39 is 0 Å². The zero-order chi connectivity index (χ0) is 18.6. The Labute approximate surface area is 157 Å². The Morgan fingerprint density at radius 2 is 1.93 bits per heavy atom. The van der Waals surface area contributed by atoms with Crippen molar-refractivity contribution in [2.75, 3.05) is 5.32 Å². The number of anilines is 1. The third-order valence-corrected chi connectivity index (χ3v) is 4.50. The lowest BCUT2D eigenvalue weighted by Crippen LogP contribution is -2.14. The lowest BCUT2D eigenvalue weighted by atomic mass is 10.1. The predicted octanol–water partition coefficient (Wildman–Crippen LogP) is 3.93. The van der Waals surface area contributed by atoms with Gasteiger partial charge in [-0.25, -0.2) is 4.98 Å². The summed E-state index contributed by atoms with van der Waals surface area (Å²) in [5, 5.41) is 7.24. The molecule has 0 aliphatic rings. The van der Waals surface area contributed by atoms with Crippen LogP contribution in [0.4, 0.5) is 5.82 Å². The molecule has 0 spiro atoms. The van der Waals surface area contributed by atoms with Gasteiger partial charge in [-0.2, -0.15) is 5.10 Å². The first-order valence-electron chi connectivity index (χ1n) is 9.03. The molecular formula is C21H21N5O. The summed E-state index contributed by atoms with van der Waals surface area (Å²) in [4.78, 5) is 17.4. The Bertz CT molecular complexity index is 1050. The average Bonchev–Trinajstić information content (AvgIpc) is 3.32. The van der Waals surface area contributed by atoms with E-state index in [1.165, 1.54) is 0 Å². The van der Waals surface area contributed by atoms with Gasteiger partial charge in [-0.3, -0.25) is 13.9 Å². The largest absolute Gasteiger partial charge is 0.310 e. The van der Waals surface area contributed by atoms with Gasteiger partial charge in [-0.1, -0.05) is 36.4 Å². The fraction of sp³-hybridized carbons (Fsp3) is 0.190. The molecule has 0 bridgehead atoms. The molecule has 0 radical (unpaired) electrons. The van der Waals surface area contributed by atoms with Crippen LogP contribution in [0, 0.1) is 6.92 Å². The Hall–Kier alpha value is -3.41. The SMILES string of the molecule is Cc1cccn2c(NC(=O)CCCn3cccn3)c(-c3ccccc3)nc12. The number of hydrogen-bond acceptors (Lipinski definition) is 3. The monoisotopic (exact) mass is 359 g/mol. The fourth-order valence-corrected chi connectivity index (χ4v) is 3.15. The Balaban J connectivity index is 1.59. The standard InChI is InChI=1S/C21H21N5O/c1-16-8-5-15-26-20(16)24-19(17-9-3-2-4-10-17)21(26)23-18(27)11-6-13-25-14-7-12-22-25/h2-5,7-10,12,14-15H,6,11,13H2,1H3,(H,23,27). The van der Waals surface area contributed by atoms with Crippen LogP contribution in [0.2, 0.25) is 0 Å². The first kappa shape index (κ1) is 17.0. The van der Waals surface area contributed by atoms with E-state index in [1.807, 2.05) is 76.9 Å². The van der Waals surface area contributed by atoms with Crippen LogP contribution in [0.15, 0.2) is 67.1 Å². The van der Waals surface area contributed by atoms with Gasteiger partial charge in [0.15, 0.2) is 0 Å². The molecule has 6 heteroatoms. The van der Waals surface area contributed by atoms with Crippen molar-refractivity contribution < 1.29 is 4.79 Å². The number of aryl methyl sites for hydroxylation is 2. The molecule has 3 aromatic heterocycles. The number of rotatable bonds is 6. The van der Waals surface area contributed by atoms with Crippen molar-refractivity contribution in [3.63, 3.8) is 0 Å². The summed E-state index contributed by atoms with van der Waals surface area (Å²) in [7, 11) is 0. The predicted molar refractivity (Wildman–Crippen MR) is 105 cm³/mol. The highest BCUT2D eigenvalue weighted by Gasteiger charge is 2.17. The summed E-state index contributed by atoms with van der Waals surface area (Å²) in [5.74, 6) is 0.687. The number of imidazole rings is 1. The zero-order valence-corrected chi connectivity index (χ0v) is 15.2. The van der Waals surface area contributed by atoms with Crippen LogP contribution >= 0.6 is 0 Å². The van der Waals surface area contributed by atoms with Crippen molar-refractivity contribution in [1.82, 2.24) is 19.2 Å². The van der Waals surface area contributed by atoms with Crippen LogP contribution in [-0.2, 0) is 11.3 Å². The number of aromatic nitrogens is 4. The van der Waals surface area contributed by atoms with E-state index in [1.54, 1.807) is 6.20 Å². The minimum atomic E-state index is -0.0253. The summed E-state index contributed by atoms with van der Waals surface area (Å²) in [6.45, 7) is 2.74. The highest BCUT2D eigenvalue weighted by molar-refractivity contribution is 5.94. The number of amides is 1. The highest BCUT2D eigenvalue weighted by atomic mass is 16.1. The van der Waals surface area contributed by atoms with E-state index in [2.05, 4.69) is 10.4 Å². The van der Waals surface area contributed by atoms with Crippen LogP contribution in [0.1, 0.15) is 18.4 Å². The second-order valence-corrected chi connectivity index (χ2v) is 6.48. The second kappa shape index (κ2) is 7.45. The topological polar surface area (TPSA) is 64.2 Å². The first-order valence-corrected chi connectivity index (χ1v) is 9.03. The normalized spacial score (nSPS) is 11.0. The Morgan fingerprint density at radius 1 is 1.07 bits per heavy atom. The molecule has 1 amide bonds. The van der Waals surface area contributed by atoms with Crippen molar-refractivity contribution in [3.8, 4) is 11.3 Å². The molecule has 4 rings (SSSR count). The number of carbonyl (C=O) groups is 1. The quantitative estimate of drug-likeness (QED) is 0.567. The maximum atomic E-state index is 12.6. The molecule has 3 heterocycles. The summed E-state index contributed by atoms with van der Waals surface area (Å²) in [5.41, 5.74) is 3.68. The van der Waals surface area contributed by atoms with Crippen LogP contribution in [0.5, 0.6) is 0 Å². The van der Waals surface area contributed by atoms with E-state index in [9.17, 15) is 4.79 Å². The maximum absolute atomic E-state index is 12.6. The molecule has 1 N–H and O–H groups in total. The Morgan fingerprint density at radius 3 is 2.70 bits per heavy atom. The minimum absolute atomic E-state index is 0.0253. The summed E-state index contributed by atoms with van der Waals surface area (Å²) < 4.78 is 3.78. The maximum Gasteiger partial charge on any atom is 0.225 e. The lowest BCUT2D eigenvalue weighted by molar-refractivity contribution is -0.116. The summed E-state index contributed by atoms with van der Waals surface area (Å²) in [6, 6.07) is 15.8. The molecule has 0 saturated carbocycles. The Kier molecular flexibility index (Phi) is 4.70. The van der Waals surface area contributed by atoms with E-state index in [-0.39, 0.29) is 5.91 Å². The average molecular weight is 359 g/mol. The van der Waals surface area contributed by atoms with Crippen LogP contribution in [0.25, 0.3) is 16.9 Å². The van der Waals surface area contributed by atoms with Gasteiger partial charge in [0.05, 0.1) is 0 Å². The van der Waals surface area contributed by atoms with E-state index in [4.69, 9.17) is 4.98 Å². The van der Waals surface area contributed by atoms with E-state index >= 15 is 0 Å². The molecular weight excluding hydrogens is 338 g/mol. The van der Waals surface area contributed by atoms with Crippen molar-refractivity contribution in [2.45, 2.75) is 26.3 Å². The smallest absolute Gasteiger partial charge is 0.225 e. The van der Waals surface area contributed by atoms with Crippen molar-refractivity contribution in [3.05, 3.63) is 72.7 Å². The van der Waals surface area contributed by atoms with Gasteiger partial charge in [-0.05, 0) is 31.0 Å². The van der Waals surface area contributed by atoms with Crippen molar-refractivity contribution in [2.24, 2.45) is 0 Å². The number of nitrogens with zero attached hydrogens (tertiary/aromatic N) is 4. The van der Waals surface area contributed by atoms with Crippen molar-refractivity contribution in [1.29, 1.82) is 0 Å². The van der Waals surface area contributed by atoms with Gasteiger partial charge in [0.2, 0.25) is 5.91 Å². The lowest BCUT2D eigenvalue weighted by Gasteiger charge is -2.08. The second-order valence-electron chi connectivity index (χ2n) is 6.48. The van der Waals surface area contributed by atoms with Gasteiger partial charge in [0, 0.05) is 37.1 Å². The zero-order valence-electron chi connectivity index (χ0n) is 15.2. The number of nitrogens with one attached hydrogen (secondary N) is 1. The van der Waals surface area contributed by atoms with Gasteiger partial charge < -0.3 is 5.32 Å². The number of carbonyl (C=O) groups excluding carboxylic acids is 1. The molecule has 136 valence electrons. The van der Waals surface area contributed by atoms with Gasteiger partial charge in [0.25, 0.3) is 0 Å². The number of fused-ring (bicyclic) bond motifs is 1. The number of pyridine rings is 1. The highest BCUT2D eigenvalue weighted by Crippen LogP contribution is 2.29. The third-order valence-electron chi connectivity index (χ3n) is 4.50. The van der Waals surface area contributed by atoms with Gasteiger partial charge in [0.1, 0.15) is 17.2 Å². The molecule has 0 aliphatic heterocycles. The van der Waals surface area contributed by atoms with Crippen LogP contribution in [0.3, 0.4) is 0 Å². The third kappa shape index (κ3) is 3.60. The van der Waals surface area contributed by atoms with E-state index in [0.717, 1.165) is 35.4 Å². The molecule has 0 atom stereocenters.